The molecule has 1 unspecified atom stereocenters. The van der Waals surface area contributed by atoms with E-state index in [9.17, 15) is 14.9 Å². The van der Waals surface area contributed by atoms with Crippen LogP contribution in [0.15, 0.2) is 71.2 Å². The third-order valence-electron chi connectivity index (χ3n) is 5.92. The first-order valence-corrected chi connectivity index (χ1v) is 11.9. The number of thiophene rings is 1. The maximum Gasteiger partial charge on any atom is 0.270 e. The van der Waals surface area contributed by atoms with Gasteiger partial charge in [0.15, 0.2) is 5.82 Å². The number of non-ortho nitro benzene ring substituents is 1. The van der Waals surface area contributed by atoms with Crippen molar-refractivity contribution in [2.45, 2.75) is 19.9 Å². The first kappa shape index (κ1) is 23.2. The lowest BCUT2D eigenvalue weighted by Crippen LogP contribution is -2.31. The van der Waals surface area contributed by atoms with E-state index < -0.39 is 11.0 Å². The van der Waals surface area contributed by atoms with Gasteiger partial charge in [0.25, 0.3) is 11.6 Å². The van der Waals surface area contributed by atoms with Crippen LogP contribution in [-0.2, 0) is 4.79 Å². The fourth-order valence-electron chi connectivity index (χ4n) is 4.17. The number of carbonyl (C=O) groups is 1. The summed E-state index contributed by atoms with van der Waals surface area (Å²) in [6.45, 7) is 3.80. The number of hydrogen-bond acceptors (Lipinski definition) is 8. The van der Waals surface area contributed by atoms with Gasteiger partial charge in [0.1, 0.15) is 11.8 Å². The van der Waals surface area contributed by atoms with Crippen LogP contribution in [0.1, 0.15) is 23.4 Å². The fraction of sp³-hybridized carbons (Fsp3) is 0.160. The number of ether oxygens (including phenoxy) is 1. The Morgan fingerprint density at radius 3 is 2.72 bits per heavy atom. The maximum absolute atomic E-state index is 13.7. The zero-order chi connectivity index (χ0) is 25.4. The smallest absolute Gasteiger partial charge is 0.270 e. The van der Waals surface area contributed by atoms with E-state index in [1.54, 1.807) is 36.1 Å². The quantitative estimate of drug-likeness (QED) is 0.276. The number of benzene rings is 2. The zero-order valence-corrected chi connectivity index (χ0v) is 20.5. The molecule has 3 heterocycles. The summed E-state index contributed by atoms with van der Waals surface area (Å²) in [6.07, 6.45) is 0. The molecule has 2 N–H and O–H groups in total. The fourth-order valence-corrected chi connectivity index (χ4v) is 5.19. The molecule has 1 atom stereocenters. The van der Waals surface area contributed by atoms with Gasteiger partial charge in [-0.25, -0.2) is 4.68 Å². The van der Waals surface area contributed by atoms with Gasteiger partial charge in [-0.15, -0.1) is 16.4 Å². The van der Waals surface area contributed by atoms with Crippen molar-refractivity contribution in [1.82, 2.24) is 14.8 Å². The van der Waals surface area contributed by atoms with Crippen molar-refractivity contribution in [3.05, 3.63) is 91.8 Å². The van der Waals surface area contributed by atoms with E-state index in [1.165, 1.54) is 23.5 Å². The second-order valence-electron chi connectivity index (χ2n) is 8.20. The molecule has 10 nitrogen and oxygen atoms in total. The highest BCUT2D eigenvalue weighted by atomic mass is 32.1. The third kappa shape index (κ3) is 4.09. The van der Waals surface area contributed by atoms with Crippen LogP contribution in [0.2, 0.25) is 0 Å². The third-order valence-corrected chi connectivity index (χ3v) is 6.99. The normalized spacial score (nSPS) is 14.7. The Labute approximate surface area is 210 Å². The molecule has 182 valence electrons. The van der Waals surface area contributed by atoms with E-state index in [0.717, 1.165) is 10.4 Å². The summed E-state index contributed by atoms with van der Waals surface area (Å²) >= 11 is 1.52. The lowest BCUT2D eigenvalue weighted by molar-refractivity contribution is -0.384. The number of rotatable bonds is 6. The highest BCUT2D eigenvalue weighted by Gasteiger charge is 2.36. The van der Waals surface area contributed by atoms with Crippen LogP contribution in [-0.4, -0.2) is 32.7 Å². The Balaban J connectivity index is 1.59. The Morgan fingerprint density at radius 1 is 1.19 bits per heavy atom. The summed E-state index contributed by atoms with van der Waals surface area (Å²) in [4.78, 5) is 30.0. The minimum atomic E-state index is -0.545. The lowest BCUT2D eigenvalue weighted by atomic mass is 9.98. The first-order chi connectivity index (χ1) is 17.4. The maximum atomic E-state index is 13.7. The summed E-state index contributed by atoms with van der Waals surface area (Å²) in [5, 5.41) is 24.1. The monoisotopic (exact) mass is 502 g/mol. The molecular weight excluding hydrogens is 480 g/mol. The first-order valence-electron chi connectivity index (χ1n) is 11.0. The average Bonchev–Trinajstić information content (AvgIpc) is 3.49. The van der Waals surface area contributed by atoms with Gasteiger partial charge in [0.2, 0.25) is 5.95 Å². The van der Waals surface area contributed by atoms with Gasteiger partial charge in [0, 0.05) is 28.3 Å². The van der Waals surface area contributed by atoms with E-state index in [4.69, 9.17) is 9.84 Å². The van der Waals surface area contributed by atoms with Gasteiger partial charge in [0.05, 0.1) is 23.3 Å². The number of nitro groups is 1. The van der Waals surface area contributed by atoms with Crippen molar-refractivity contribution in [2.24, 2.45) is 0 Å². The van der Waals surface area contributed by atoms with Crippen LogP contribution in [0, 0.1) is 17.0 Å². The molecular formula is C25H22N6O4S. The van der Waals surface area contributed by atoms with Crippen LogP contribution in [0.25, 0.3) is 11.4 Å². The number of anilines is 2. The van der Waals surface area contributed by atoms with Crippen molar-refractivity contribution in [1.29, 1.82) is 0 Å². The van der Waals surface area contributed by atoms with E-state index in [0.29, 0.717) is 40.0 Å². The Kier molecular flexibility index (Phi) is 5.98. The van der Waals surface area contributed by atoms with Crippen molar-refractivity contribution >= 4 is 34.6 Å². The zero-order valence-electron chi connectivity index (χ0n) is 19.7. The van der Waals surface area contributed by atoms with Crippen LogP contribution in [0.3, 0.4) is 0 Å². The van der Waals surface area contributed by atoms with Crippen LogP contribution in [0.4, 0.5) is 17.3 Å². The number of nitro benzene ring substituents is 1. The summed E-state index contributed by atoms with van der Waals surface area (Å²) in [7, 11) is 1.55. The molecule has 0 aliphatic carbocycles. The number of nitrogens with zero attached hydrogens (tertiary/aromatic N) is 4. The SMILES string of the molecule is COc1ccccc1NC(=O)C1=C(C)Nc2nc(-c3cccc([N+](=O)[O-])c3)nn2C1c1sccc1C. The molecule has 1 amide bonds. The minimum Gasteiger partial charge on any atom is -0.495 e. The second-order valence-corrected chi connectivity index (χ2v) is 9.15. The Hall–Kier alpha value is -4.51. The molecule has 2 aromatic carbocycles. The van der Waals surface area contributed by atoms with Gasteiger partial charge >= 0.3 is 0 Å². The molecule has 1 aliphatic rings. The largest absolute Gasteiger partial charge is 0.495 e. The molecule has 2 aromatic heterocycles. The van der Waals surface area contributed by atoms with E-state index in [-0.39, 0.29) is 11.6 Å². The lowest BCUT2D eigenvalue weighted by Gasteiger charge is -2.28. The standard InChI is InChI=1S/C25H22N6O4S/c1-14-11-12-36-22(14)21-20(24(32)27-18-9-4-5-10-19(18)35-3)15(2)26-25-28-23(29-30(21)25)16-7-6-8-17(13-16)31(33)34/h4-13,21H,1-3H3,(H,27,32)(H,26,28,29). The van der Waals surface area contributed by atoms with Crippen molar-refractivity contribution in [2.75, 3.05) is 17.7 Å². The van der Waals surface area contributed by atoms with E-state index in [2.05, 4.69) is 15.6 Å². The molecule has 36 heavy (non-hydrogen) atoms. The van der Waals surface area contributed by atoms with Crippen LogP contribution >= 0.6 is 11.3 Å². The number of aryl methyl sites for hydroxylation is 1. The molecule has 0 bridgehead atoms. The van der Waals surface area contributed by atoms with E-state index in [1.807, 2.05) is 37.4 Å². The molecule has 0 fully saturated rings. The number of aromatic nitrogens is 3. The molecule has 1 aliphatic heterocycles. The number of nitrogens with one attached hydrogen (secondary N) is 2. The topological polar surface area (TPSA) is 124 Å². The summed E-state index contributed by atoms with van der Waals surface area (Å²) in [5.74, 6) is 1.01. The van der Waals surface area contributed by atoms with Crippen molar-refractivity contribution < 1.29 is 14.5 Å². The average molecular weight is 503 g/mol. The molecule has 5 rings (SSSR count). The number of carbonyl (C=O) groups excluding carboxylic acids is 1. The number of amides is 1. The molecule has 0 saturated heterocycles. The van der Waals surface area contributed by atoms with Gasteiger partial charge in [-0.1, -0.05) is 24.3 Å². The summed E-state index contributed by atoms with van der Waals surface area (Å²) in [5.41, 5.74) is 3.13. The van der Waals surface area contributed by atoms with Gasteiger partial charge in [-0.3, -0.25) is 14.9 Å². The molecule has 4 aromatic rings. The molecule has 0 spiro atoms. The number of allylic oxidation sites excluding steroid dienone is 1. The number of fused-ring (bicyclic) bond motifs is 1. The van der Waals surface area contributed by atoms with Crippen LogP contribution < -0.4 is 15.4 Å². The predicted octanol–water partition coefficient (Wildman–Crippen LogP) is 5.16. The van der Waals surface area contributed by atoms with E-state index >= 15 is 0 Å². The van der Waals surface area contributed by atoms with Gasteiger partial charge in [-0.05, 0) is 43.0 Å². The predicted molar refractivity (Wildman–Crippen MR) is 137 cm³/mol. The van der Waals surface area contributed by atoms with Crippen molar-refractivity contribution in [3.8, 4) is 17.1 Å². The van der Waals surface area contributed by atoms with Crippen LogP contribution in [0.5, 0.6) is 5.75 Å². The van der Waals surface area contributed by atoms with Crippen molar-refractivity contribution in [3.63, 3.8) is 0 Å². The second kappa shape index (κ2) is 9.27. The highest BCUT2D eigenvalue weighted by molar-refractivity contribution is 7.10. The number of hydrogen-bond donors (Lipinski definition) is 2. The number of methoxy groups -OCH3 is 1. The van der Waals surface area contributed by atoms with Gasteiger partial charge in [-0.2, -0.15) is 4.98 Å². The number of para-hydroxylation sites is 2. The minimum absolute atomic E-state index is 0.0509. The Morgan fingerprint density at radius 2 is 2.00 bits per heavy atom. The highest BCUT2D eigenvalue weighted by Crippen LogP contribution is 2.40. The molecule has 0 radical (unpaired) electrons. The summed E-state index contributed by atoms with van der Waals surface area (Å²) < 4.78 is 7.06. The van der Waals surface area contributed by atoms with Gasteiger partial charge < -0.3 is 15.4 Å². The molecule has 11 heteroatoms. The Bertz CT molecular complexity index is 1520. The summed E-state index contributed by atoms with van der Waals surface area (Å²) in [6, 6.07) is 14.8. The molecule has 0 saturated carbocycles.